The summed E-state index contributed by atoms with van der Waals surface area (Å²) in [5.41, 5.74) is 2.83. The Hall–Kier alpha value is -3.83. The normalized spacial score (nSPS) is 11.3. The van der Waals surface area contributed by atoms with E-state index in [0.717, 1.165) is 6.07 Å². The van der Waals surface area contributed by atoms with Gasteiger partial charge >= 0.3 is 0 Å². The summed E-state index contributed by atoms with van der Waals surface area (Å²) >= 11 is 5.87. The van der Waals surface area contributed by atoms with Gasteiger partial charge in [-0.15, -0.1) is 0 Å². The topological polar surface area (TPSA) is 143 Å². The number of nitro groups is 1. The van der Waals surface area contributed by atoms with E-state index in [2.05, 4.69) is 15.2 Å². The minimum atomic E-state index is -4.10. The van der Waals surface area contributed by atoms with Crippen LogP contribution in [0.15, 0.2) is 70.7 Å². The Kier molecular flexibility index (Phi) is 7.36. The molecule has 0 aliphatic heterocycles. The van der Waals surface area contributed by atoms with Gasteiger partial charge in [0.25, 0.3) is 15.7 Å². The number of rotatable bonds is 9. The largest absolute Gasteiger partial charge is 0.504 e. The lowest BCUT2D eigenvalue weighted by Gasteiger charge is -2.10. The van der Waals surface area contributed by atoms with Crippen LogP contribution in [0.5, 0.6) is 11.5 Å². The van der Waals surface area contributed by atoms with Gasteiger partial charge in [-0.05, 0) is 61.0 Å². The predicted octanol–water partition coefficient (Wildman–Crippen LogP) is 4.60. The van der Waals surface area contributed by atoms with Crippen LogP contribution in [0.2, 0.25) is 5.02 Å². The molecule has 0 aromatic heterocycles. The minimum Gasteiger partial charge on any atom is -0.504 e. The molecule has 0 unspecified atom stereocenters. The number of ether oxygens (including phenoxy) is 1. The van der Waals surface area contributed by atoms with Crippen LogP contribution in [0.3, 0.4) is 0 Å². The summed E-state index contributed by atoms with van der Waals surface area (Å²) in [4.78, 5) is 10.5. The zero-order valence-electron chi connectivity index (χ0n) is 17.2. The van der Waals surface area contributed by atoms with Crippen molar-refractivity contribution in [3.8, 4) is 11.5 Å². The van der Waals surface area contributed by atoms with Crippen molar-refractivity contribution in [3.63, 3.8) is 0 Å². The van der Waals surface area contributed by atoms with E-state index in [1.807, 2.05) is 0 Å². The molecule has 3 aromatic carbocycles. The van der Waals surface area contributed by atoms with E-state index >= 15 is 0 Å². The third kappa shape index (κ3) is 6.11. The Morgan fingerprint density at radius 1 is 1.18 bits per heavy atom. The molecule has 10 nitrogen and oxygen atoms in total. The van der Waals surface area contributed by atoms with E-state index < -0.39 is 20.6 Å². The van der Waals surface area contributed by atoms with Crippen LogP contribution in [-0.4, -0.2) is 31.3 Å². The second-order valence-corrected chi connectivity index (χ2v) is 8.70. The Labute approximate surface area is 194 Å². The first kappa shape index (κ1) is 23.8. The number of hydrazone groups is 1. The molecule has 33 heavy (non-hydrogen) atoms. The molecular weight excluding hydrogens is 472 g/mol. The number of anilines is 2. The molecule has 3 aromatic rings. The number of sulfonamides is 1. The lowest BCUT2D eigenvalue weighted by atomic mass is 10.2. The van der Waals surface area contributed by atoms with Crippen molar-refractivity contribution < 1.29 is 23.2 Å². The Morgan fingerprint density at radius 3 is 2.67 bits per heavy atom. The maximum absolute atomic E-state index is 12.7. The predicted molar refractivity (Wildman–Crippen MR) is 126 cm³/mol. The first-order valence-corrected chi connectivity index (χ1v) is 11.4. The van der Waals surface area contributed by atoms with E-state index in [4.69, 9.17) is 16.3 Å². The molecule has 0 saturated carbocycles. The van der Waals surface area contributed by atoms with E-state index in [9.17, 15) is 23.6 Å². The van der Waals surface area contributed by atoms with E-state index in [0.29, 0.717) is 17.2 Å². The summed E-state index contributed by atoms with van der Waals surface area (Å²) in [6.45, 7) is 2.13. The van der Waals surface area contributed by atoms with Crippen LogP contribution < -0.4 is 14.9 Å². The van der Waals surface area contributed by atoms with Crippen LogP contribution in [0.25, 0.3) is 0 Å². The molecule has 0 amide bonds. The smallest absolute Gasteiger partial charge is 0.295 e. The van der Waals surface area contributed by atoms with Crippen LogP contribution in [0, 0.1) is 10.1 Å². The van der Waals surface area contributed by atoms with Crippen molar-refractivity contribution in [1.29, 1.82) is 0 Å². The highest BCUT2D eigenvalue weighted by molar-refractivity contribution is 7.92. The summed E-state index contributed by atoms with van der Waals surface area (Å²) in [7, 11) is -4.10. The van der Waals surface area contributed by atoms with Gasteiger partial charge in [-0.1, -0.05) is 17.7 Å². The molecule has 0 bridgehead atoms. The quantitative estimate of drug-likeness (QED) is 0.226. The summed E-state index contributed by atoms with van der Waals surface area (Å²) in [5.74, 6) is 0.245. The molecule has 3 N–H and O–H groups in total. The third-order valence-corrected chi connectivity index (χ3v) is 5.85. The first-order chi connectivity index (χ1) is 15.7. The fraction of sp³-hybridized carbons (Fsp3) is 0.0952. The van der Waals surface area contributed by atoms with Gasteiger partial charge in [-0.3, -0.25) is 20.3 Å². The summed E-state index contributed by atoms with van der Waals surface area (Å²) in [6, 6.07) is 14.0. The van der Waals surface area contributed by atoms with Gasteiger partial charge in [-0.2, -0.15) is 5.10 Å². The lowest BCUT2D eigenvalue weighted by molar-refractivity contribution is -0.384. The maximum atomic E-state index is 12.7. The van der Waals surface area contributed by atoms with Crippen LogP contribution in [0.1, 0.15) is 12.5 Å². The molecule has 0 spiro atoms. The molecule has 0 aliphatic carbocycles. The molecule has 0 heterocycles. The average Bonchev–Trinajstić information content (AvgIpc) is 2.76. The van der Waals surface area contributed by atoms with Crippen molar-refractivity contribution in [3.05, 3.63) is 81.4 Å². The van der Waals surface area contributed by atoms with E-state index in [1.165, 1.54) is 36.5 Å². The molecule has 0 saturated heterocycles. The lowest BCUT2D eigenvalue weighted by Crippen LogP contribution is -2.13. The summed E-state index contributed by atoms with van der Waals surface area (Å²) in [6.07, 6.45) is 1.37. The molecular formula is C21H19ClN4O6S. The van der Waals surface area contributed by atoms with Gasteiger partial charge in [0.2, 0.25) is 0 Å². The van der Waals surface area contributed by atoms with Gasteiger partial charge in [0.15, 0.2) is 11.5 Å². The number of nitrogens with one attached hydrogen (secondary N) is 2. The highest BCUT2D eigenvalue weighted by Gasteiger charge is 2.21. The third-order valence-electron chi connectivity index (χ3n) is 4.24. The molecule has 0 fully saturated rings. The standard InChI is InChI=1S/C21H19ClN4O6S/c1-2-32-21-10-14(6-9-20(21)27)13-23-24-18-8-7-17(12-19(18)26(28)29)33(30,31)25-16-5-3-4-15(22)11-16/h3-13,24-25,27H,2H2,1H3. The molecule has 172 valence electrons. The number of phenolic OH excluding ortho intramolecular Hbond substituents is 1. The Bertz CT molecular complexity index is 1310. The highest BCUT2D eigenvalue weighted by atomic mass is 35.5. The van der Waals surface area contributed by atoms with Gasteiger partial charge in [-0.25, -0.2) is 8.42 Å². The average molecular weight is 491 g/mol. The van der Waals surface area contributed by atoms with Crippen molar-refractivity contribution >= 4 is 44.9 Å². The van der Waals surface area contributed by atoms with Crippen LogP contribution in [-0.2, 0) is 10.0 Å². The SMILES string of the molecule is CCOc1cc(C=NNc2ccc(S(=O)(=O)Nc3cccc(Cl)c3)cc2[N+](=O)[O-])ccc1O. The van der Waals surface area contributed by atoms with E-state index in [1.54, 1.807) is 31.2 Å². The molecule has 0 atom stereocenters. The number of phenols is 1. The second kappa shape index (κ2) is 10.2. The van der Waals surface area contributed by atoms with Gasteiger partial charge in [0.05, 0.1) is 28.3 Å². The Morgan fingerprint density at radius 2 is 1.97 bits per heavy atom. The zero-order valence-corrected chi connectivity index (χ0v) is 18.8. The molecule has 0 radical (unpaired) electrons. The van der Waals surface area contributed by atoms with Crippen molar-refractivity contribution in [2.45, 2.75) is 11.8 Å². The van der Waals surface area contributed by atoms with Crippen LogP contribution >= 0.6 is 11.6 Å². The number of hydrogen-bond donors (Lipinski definition) is 3. The maximum Gasteiger partial charge on any atom is 0.295 e. The zero-order chi connectivity index (χ0) is 24.0. The van der Waals surface area contributed by atoms with Crippen molar-refractivity contribution in [2.75, 3.05) is 16.8 Å². The van der Waals surface area contributed by atoms with Crippen molar-refractivity contribution in [1.82, 2.24) is 0 Å². The molecule has 12 heteroatoms. The fourth-order valence-electron chi connectivity index (χ4n) is 2.75. The number of halogens is 1. The van der Waals surface area contributed by atoms with Crippen molar-refractivity contribution in [2.24, 2.45) is 5.10 Å². The molecule has 0 aliphatic rings. The summed E-state index contributed by atoms with van der Waals surface area (Å²) in [5, 5.41) is 25.6. The van der Waals surface area contributed by atoms with Gasteiger partial charge in [0.1, 0.15) is 5.69 Å². The fourth-order valence-corrected chi connectivity index (χ4v) is 4.01. The van der Waals surface area contributed by atoms with Crippen LogP contribution in [0.4, 0.5) is 17.1 Å². The number of benzene rings is 3. The number of nitro benzene ring substituents is 1. The Balaban J connectivity index is 1.82. The molecule has 3 rings (SSSR count). The monoisotopic (exact) mass is 490 g/mol. The first-order valence-electron chi connectivity index (χ1n) is 9.51. The number of aromatic hydroxyl groups is 1. The highest BCUT2D eigenvalue weighted by Crippen LogP contribution is 2.29. The minimum absolute atomic E-state index is 0.0123. The number of hydrogen-bond acceptors (Lipinski definition) is 8. The van der Waals surface area contributed by atoms with E-state index in [-0.39, 0.29) is 27.8 Å². The second-order valence-electron chi connectivity index (χ2n) is 6.58. The summed E-state index contributed by atoms with van der Waals surface area (Å²) < 4.78 is 32.9. The number of nitrogens with zero attached hydrogens (tertiary/aromatic N) is 2. The van der Waals surface area contributed by atoms with Gasteiger partial charge in [0, 0.05) is 11.1 Å². The van der Waals surface area contributed by atoms with Gasteiger partial charge < -0.3 is 9.84 Å².